The van der Waals surface area contributed by atoms with Crippen molar-refractivity contribution in [3.8, 4) is 0 Å². The Balaban J connectivity index is 2.03. The minimum atomic E-state index is -3.36. The van der Waals surface area contributed by atoms with E-state index in [0.717, 1.165) is 11.5 Å². The number of halogens is 2. The summed E-state index contributed by atoms with van der Waals surface area (Å²) in [6.45, 7) is 0. The van der Waals surface area contributed by atoms with Gasteiger partial charge in [0.2, 0.25) is 0 Å². The van der Waals surface area contributed by atoms with Gasteiger partial charge < -0.3 is 4.90 Å². The summed E-state index contributed by atoms with van der Waals surface area (Å²) in [7, 11) is -3.36. The predicted octanol–water partition coefficient (Wildman–Crippen LogP) is 3.44. The Hall–Kier alpha value is -2.18. The topological polar surface area (TPSA) is 54.5 Å². The molecule has 1 heterocycles. The summed E-state index contributed by atoms with van der Waals surface area (Å²) in [6, 6.07) is 11.1. The van der Waals surface area contributed by atoms with Crippen LogP contribution in [-0.2, 0) is 9.84 Å². The zero-order valence-electron chi connectivity index (χ0n) is 12.4. The second kappa shape index (κ2) is 6.37. The number of nitrogens with zero attached hydrogens (tertiary/aromatic N) is 1. The van der Waals surface area contributed by atoms with Crippen molar-refractivity contribution in [3.63, 3.8) is 0 Å². The molecule has 3 rings (SSSR count). The Bertz CT molecular complexity index is 910. The van der Waals surface area contributed by atoms with Crippen molar-refractivity contribution >= 4 is 33.0 Å². The van der Waals surface area contributed by atoms with Gasteiger partial charge in [-0.1, -0.05) is 17.7 Å². The van der Waals surface area contributed by atoms with Gasteiger partial charge in [0.05, 0.1) is 11.8 Å². The maximum atomic E-state index is 13.4. The van der Waals surface area contributed by atoms with Gasteiger partial charge in [0, 0.05) is 21.7 Å². The Morgan fingerprint density at radius 1 is 1.17 bits per heavy atom. The summed E-state index contributed by atoms with van der Waals surface area (Å²) in [5.41, 5.74) is 0.628. The van der Waals surface area contributed by atoms with Gasteiger partial charge >= 0.3 is 0 Å². The van der Waals surface area contributed by atoms with E-state index in [1.807, 2.05) is 0 Å². The molecular weight excluding hydrogens is 353 g/mol. The van der Waals surface area contributed by atoms with Crippen LogP contribution in [0.5, 0.6) is 0 Å². The van der Waals surface area contributed by atoms with Crippen LogP contribution in [0.4, 0.5) is 10.1 Å². The lowest BCUT2D eigenvalue weighted by Crippen LogP contribution is -2.41. The number of benzene rings is 2. The van der Waals surface area contributed by atoms with E-state index < -0.39 is 27.6 Å². The van der Waals surface area contributed by atoms with Crippen LogP contribution in [0.15, 0.2) is 60.0 Å². The summed E-state index contributed by atoms with van der Waals surface area (Å²) >= 11 is 5.88. The summed E-state index contributed by atoms with van der Waals surface area (Å²) in [5.74, 6) is -1.23. The highest BCUT2D eigenvalue weighted by Crippen LogP contribution is 2.26. The maximum Gasteiger partial charge on any atom is 0.258 e. The second-order valence-electron chi connectivity index (χ2n) is 5.39. The first-order chi connectivity index (χ1) is 11.4. The van der Waals surface area contributed by atoms with Gasteiger partial charge in [0.15, 0.2) is 9.84 Å². The molecule has 1 amide bonds. The van der Waals surface area contributed by atoms with Gasteiger partial charge in [-0.25, -0.2) is 12.8 Å². The summed E-state index contributed by atoms with van der Waals surface area (Å²) in [4.78, 5) is 14.2. The summed E-state index contributed by atoms with van der Waals surface area (Å²) < 4.78 is 36.9. The van der Waals surface area contributed by atoms with Crippen LogP contribution >= 0.6 is 11.6 Å². The first-order valence-corrected chi connectivity index (χ1v) is 9.21. The van der Waals surface area contributed by atoms with Crippen molar-refractivity contribution in [2.24, 2.45) is 0 Å². The fourth-order valence-electron chi connectivity index (χ4n) is 2.54. The lowest BCUT2D eigenvalue weighted by molar-refractivity contribution is 0.0982. The van der Waals surface area contributed by atoms with Crippen molar-refractivity contribution in [3.05, 3.63) is 76.4 Å². The highest BCUT2D eigenvalue weighted by atomic mass is 35.5. The van der Waals surface area contributed by atoms with Crippen LogP contribution in [0.3, 0.4) is 0 Å². The number of anilines is 1. The largest absolute Gasteiger partial charge is 0.300 e. The Labute approximate surface area is 144 Å². The zero-order chi connectivity index (χ0) is 17.3. The standard InChI is InChI=1S/C17H13ClFNO3S/c18-13-4-6-15(7-5-13)20(16-8-9-24(22,23)11-16)17(21)12-2-1-3-14(19)10-12/h1-10,16H,11H2. The molecule has 2 aromatic carbocycles. The minimum Gasteiger partial charge on any atom is -0.300 e. The van der Waals surface area contributed by atoms with Gasteiger partial charge in [-0.2, -0.15) is 0 Å². The van der Waals surface area contributed by atoms with Crippen molar-refractivity contribution in [1.82, 2.24) is 0 Å². The first kappa shape index (κ1) is 16.7. The minimum absolute atomic E-state index is 0.141. The zero-order valence-corrected chi connectivity index (χ0v) is 14.0. The highest BCUT2D eigenvalue weighted by molar-refractivity contribution is 7.94. The average Bonchev–Trinajstić information content (AvgIpc) is 2.89. The van der Waals surface area contributed by atoms with Gasteiger partial charge in [-0.05, 0) is 48.5 Å². The third-order valence-electron chi connectivity index (χ3n) is 3.64. The van der Waals surface area contributed by atoms with Crippen LogP contribution in [0, 0.1) is 5.82 Å². The molecule has 0 aromatic heterocycles. The van der Waals surface area contributed by atoms with E-state index in [9.17, 15) is 17.6 Å². The molecule has 1 aliphatic heterocycles. The van der Waals surface area contributed by atoms with Crippen LogP contribution in [-0.4, -0.2) is 26.1 Å². The fourth-order valence-corrected chi connectivity index (χ4v) is 3.94. The molecule has 2 aromatic rings. The molecule has 0 N–H and O–H groups in total. The van der Waals surface area contributed by atoms with E-state index in [-0.39, 0.29) is 11.3 Å². The van der Waals surface area contributed by atoms with Crippen molar-refractivity contribution in [1.29, 1.82) is 0 Å². The molecule has 0 saturated heterocycles. The Morgan fingerprint density at radius 3 is 2.46 bits per heavy atom. The lowest BCUT2D eigenvalue weighted by atomic mass is 10.1. The molecule has 0 bridgehead atoms. The van der Waals surface area contributed by atoms with Gasteiger partial charge in [-0.15, -0.1) is 0 Å². The molecule has 4 nitrogen and oxygen atoms in total. The van der Waals surface area contributed by atoms with E-state index in [0.29, 0.717) is 10.7 Å². The van der Waals surface area contributed by atoms with Crippen LogP contribution in [0.25, 0.3) is 0 Å². The molecule has 0 radical (unpaired) electrons. The van der Waals surface area contributed by atoms with E-state index >= 15 is 0 Å². The summed E-state index contributed by atoms with van der Waals surface area (Å²) in [6.07, 6.45) is 1.46. The van der Waals surface area contributed by atoms with E-state index in [4.69, 9.17) is 11.6 Å². The van der Waals surface area contributed by atoms with Gasteiger partial charge in [-0.3, -0.25) is 4.79 Å². The predicted molar refractivity (Wildman–Crippen MR) is 91.4 cm³/mol. The van der Waals surface area contributed by atoms with Gasteiger partial charge in [0.25, 0.3) is 5.91 Å². The number of rotatable bonds is 3. The Kier molecular flexibility index (Phi) is 4.43. The van der Waals surface area contributed by atoms with Crippen molar-refractivity contribution < 1.29 is 17.6 Å². The summed E-state index contributed by atoms with van der Waals surface area (Å²) in [5, 5.41) is 1.59. The molecule has 7 heteroatoms. The molecule has 0 aliphatic carbocycles. The second-order valence-corrected chi connectivity index (χ2v) is 7.75. The molecule has 1 atom stereocenters. The molecule has 0 fully saturated rings. The van der Waals surface area contributed by atoms with E-state index in [2.05, 4.69) is 0 Å². The molecule has 1 aliphatic rings. The SMILES string of the molecule is O=C(c1cccc(F)c1)N(c1ccc(Cl)cc1)C1C=CS(=O)(=O)C1. The highest BCUT2D eigenvalue weighted by Gasteiger charge is 2.32. The number of amides is 1. The average molecular weight is 366 g/mol. The Morgan fingerprint density at radius 2 is 1.88 bits per heavy atom. The molecule has 24 heavy (non-hydrogen) atoms. The van der Waals surface area contributed by atoms with Crippen molar-refractivity contribution in [2.45, 2.75) is 6.04 Å². The normalized spacial score (nSPS) is 18.5. The van der Waals surface area contributed by atoms with E-state index in [1.165, 1.54) is 29.2 Å². The monoisotopic (exact) mass is 365 g/mol. The van der Waals surface area contributed by atoms with Crippen molar-refractivity contribution in [2.75, 3.05) is 10.7 Å². The number of sulfone groups is 1. The molecule has 124 valence electrons. The number of carbonyl (C=O) groups excluding carboxylic acids is 1. The third kappa shape index (κ3) is 3.49. The maximum absolute atomic E-state index is 13.4. The number of carbonyl (C=O) groups is 1. The number of hydrogen-bond donors (Lipinski definition) is 0. The quantitative estimate of drug-likeness (QED) is 0.837. The van der Waals surface area contributed by atoms with Gasteiger partial charge in [0.1, 0.15) is 5.82 Å². The first-order valence-electron chi connectivity index (χ1n) is 7.11. The third-order valence-corrected chi connectivity index (χ3v) is 5.27. The molecule has 0 saturated carbocycles. The lowest BCUT2D eigenvalue weighted by Gasteiger charge is -2.28. The van der Waals surface area contributed by atoms with Crippen LogP contribution < -0.4 is 4.90 Å². The smallest absolute Gasteiger partial charge is 0.258 e. The fraction of sp³-hybridized carbons (Fsp3) is 0.118. The molecule has 0 spiro atoms. The van der Waals surface area contributed by atoms with E-state index in [1.54, 1.807) is 24.3 Å². The van der Waals surface area contributed by atoms with Crippen LogP contribution in [0.2, 0.25) is 5.02 Å². The molecule has 1 unspecified atom stereocenters. The molecular formula is C17H13ClFNO3S. The number of hydrogen-bond acceptors (Lipinski definition) is 3. The van der Waals surface area contributed by atoms with Crippen LogP contribution in [0.1, 0.15) is 10.4 Å².